The molecular weight excluding hydrogens is 288 g/mol. The number of benzene rings is 2. The zero-order valence-corrected chi connectivity index (χ0v) is 11.6. The first kappa shape index (κ1) is 14.3. The summed E-state index contributed by atoms with van der Waals surface area (Å²) in [6.45, 7) is 0.364. The summed E-state index contributed by atoms with van der Waals surface area (Å²) >= 11 is 6.80. The summed E-state index contributed by atoms with van der Waals surface area (Å²) in [4.78, 5) is 0.719. The van der Waals surface area contributed by atoms with Crippen LogP contribution in [0.5, 0.6) is 0 Å². The highest BCUT2D eigenvalue weighted by Crippen LogP contribution is 2.33. The van der Waals surface area contributed by atoms with Crippen LogP contribution in [0, 0.1) is 11.6 Å². The molecular formula is C14H12ClF2NS. The van der Waals surface area contributed by atoms with Gasteiger partial charge in [-0.15, -0.1) is 0 Å². The fourth-order valence-corrected chi connectivity index (χ4v) is 2.59. The van der Waals surface area contributed by atoms with Crippen LogP contribution in [0.15, 0.2) is 46.2 Å². The Morgan fingerprint density at radius 3 is 2.16 bits per heavy atom. The highest BCUT2D eigenvalue weighted by Gasteiger charge is 2.12. The third-order valence-electron chi connectivity index (χ3n) is 2.52. The molecule has 2 aromatic carbocycles. The molecule has 0 radical (unpaired) electrons. The lowest BCUT2D eigenvalue weighted by Crippen LogP contribution is -2.04. The van der Waals surface area contributed by atoms with E-state index in [4.69, 9.17) is 17.3 Å². The Labute approximate surface area is 119 Å². The van der Waals surface area contributed by atoms with Crippen LogP contribution in [0.1, 0.15) is 5.56 Å². The fraction of sp³-hybridized carbons (Fsp3) is 0.143. The molecule has 19 heavy (non-hydrogen) atoms. The van der Waals surface area contributed by atoms with Gasteiger partial charge in [-0.2, -0.15) is 0 Å². The highest BCUT2D eigenvalue weighted by molar-refractivity contribution is 7.99. The van der Waals surface area contributed by atoms with Crippen molar-refractivity contribution in [1.82, 2.24) is 0 Å². The van der Waals surface area contributed by atoms with Gasteiger partial charge in [0.1, 0.15) is 11.6 Å². The van der Waals surface area contributed by atoms with E-state index in [1.807, 2.05) is 0 Å². The maximum Gasteiger partial charge on any atom is 0.140 e. The van der Waals surface area contributed by atoms with E-state index in [1.165, 1.54) is 12.1 Å². The van der Waals surface area contributed by atoms with Gasteiger partial charge in [0, 0.05) is 9.92 Å². The minimum absolute atomic E-state index is 0.0110. The molecule has 0 aromatic heterocycles. The summed E-state index contributed by atoms with van der Waals surface area (Å²) in [5, 5.41) is 0.587. The molecule has 2 aromatic rings. The summed E-state index contributed by atoms with van der Waals surface area (Å²) in [7, 11) is 0. The lowest BCUT2D eigenvalue weighted by Gasteiger charge is -2.07. The molecule has 0 heterocycles. The predicted molar refractivity (Wildman–Crippen MR) is 74.7 cm³/mol. The molecule has 1 nitrogen and oxygen atoms in total. The Balaban J connectivity index is 2.27. The molecule has 0 amide bonds. The molecule has 0 aliphatic rings. The first-order valence-corrected chi connectivity index (χ1v) is 6.91. The van der Waals surface area contributed by atoms with Crippen LogP contribution >= 0.6 is 23.4 Å². The van der Waals surface area contributed by atoms with Crippen LogP contribution in [-0.4, -0.2) is 6.54 Å². The fourth-order valence-electron chi connectivity index (χ4n) is 1.64. The van der Waals surface area contributed by atoms with Crippen LogP contribution in [-0.2, 0) is 6.42 Å². The molecule has 0 saturated carbocycles. The Bertz CT molecular complexity index is 549. The average molecular weight is 300 g/mol. The molecule has 5 heteroatoms. The largest absolute Gasteiger partial charge is 0.330 e. The second kappa shape index (κ2) is 6.37. The van der Waals surface area contributed by atoms with Gasteiger partial charge in [0.25, 0.3) is 0 Å². The van der Waals surface area contributed by atoms with E-state index in [1.54, 1.807) is 24.3 Å². The van der Waals surface area contributed by atoms with Crippen molar-refractivity contribution in [3.05, 3.63) is 58.6 Å². The van der Waals surface area contributed by atoms with Gasteiger partial charge in [-0.3, -0.25) is 0 Å². The Morgan fingerprint density at radius 2 is 1.63 bits per heavy atom. The van der Waals surface area contributed by atoms with Crippen molar-refractivity contribution in [2.45, 2.75) is 16.2 Å². The van der Waals surface area contributed by atoms with Crippen molar-refractivity contribution in [2.75, 3.05) is 6.54 Å². The maximum absolute atomic E-state index is 13.9. The molecule has 0 fully saturated rings. The minimum atomic E-state index is -0.566. The zero-order valence-electron chi connectivity index (χ0n) is 10.00. The van der Waals surface area contributed by atoms with Gasteiger partial charge >= 0.3 is 0 Å². The molecule has 0 unspecified atom stereocenters. The average Bonchev–Trinajstić information content (AvgIpc) is 2.36. The standard InChI is InChI=1S/C14H12ClF2NS/c15-10-1-3-11(4-2-10)19-14-12(16)7-9(5-6-18)8-13(14)17/h1-4,7-8H,5-6,18H2. The third-order valence-corrected chi connectivity index (χ3v) is 3.88. The van der Waals surface area contributed by atoms with Gasteiger partial charge in [-0.05, 0) is 54.9 Å². The van der Waals surface area contributed by atoms with E-state index >= 15 is 0 Å². The minimum Gasteiger partial charge on any atom is -0.330 e. The van der Waals surface area contributed by atoms with Gasteiger partial charge in [0.05, 0.1) is 4.90 Å². The highest BCUT2D eigenvalue weighted by atomic mass is 35.5. The molecule has 0 aliphatic heterocycles. The van der Waals surface area contributed by atoms with Crippen LogP contribution in [0.2, 0.25) is 5.02 Å². The zero-order chi connectivity index (χ0) is 13.8. The summed E-state index contributed by atoms with van der Waals surface area (Å²) in [6, 6.07) is 9.46. The monoisotopic (exact) mass is 299 g/mol. The van der Waals surface area contributed by atoms with Gasteiger partial charge in [0.15, 0.2) is 0 Å². The Hall–Kier alpha value is -1.10. The van der Waals surface area contributed by atoms with Crippen molar-refractivity contribution in [2.24, 2.45) is 5.73 Å². The smallest absolute Gasteiger partial charge is 0.140 e. The van der Waals surface area contributed by atoms with Crippen molar-refractivity contribution in [1.29, 1.82) is 0 Å². The maximum atomic E-state index is 13.9. The van der Waals surface area contributed by atoms with E-state index < -0.39 is 11.6 Å². The van der Waals surface area contributed by atoms with Crippen LogP contribution in [0.25, 0.3) is 0 Å². The van der Waals surface area contributed by atoms with E-state index in [9.17, 15) is 8.78 Å². The summed E-state index contributed by atoms with van der Waals surface area (Å²) in [5.41, 5.74) is 5.94. The van der Waals surface area contributed by atoms with E-state index in [0.29, 0.717) is 23.6 Å². The van der Waals surface area contributed by atoms with E-state index in [2.05, 4.69) is 0 Å². The van der Waals surface area contributed by atoms with Gasteiger partial charge in [0.2, 0.25) is 0 Å². The number of rotatable bonds is 4. The quantitative estimate of drug-likeness (QED) is 0.912. The van der Waals surface area contributed by atoms with Crippen molar-refractivity contribution < 1.29 is 8.78 Å². The lowest BCUT2D eigenvalue weighted by molar-refractivity contribution is 0.537. The molecule has 0 saturated heterocycles. The Morgan fingerprint density at radius 1 is 1.05 bits per heavy atom. The lowest BCUT2D eigenvalue weighted by atomic mass is 10.1. The SMILES string of the molecule is NCCc1cc(F)c(Sc2ccc(Cl)cc2)c(F)c1. The summed E-state index contributed by atoms with van der Waals surface area (Å²) in [5.74, 6) is -1.13. The van der Waals surface area contributed by atoms with Crippen molar-refractivity contribution in [3.63, 3.8) is 0 Å². The van der Waals surface area contributed by atoms with E-state index in [-0.39, 0.29) is 4.90 Å². The van der Waals surface area contributed by atoms with Crippen molar-refractivity contribution in [3.8, 4) is 0 Å². The van der Waals surface area contributed by atoms with Crippen LogP contribution < -0.4 is 5.73 Å². The first-order chi connectivity index (χ1) is 9.10. The third kappa shape index (κ3) is 3.69. The van der Waals surface area contributed by atoms with E-state index in [0.717, 1.165) is 16.7 Å². The first-order valence-electron chi connectivity index (χ1n) is 5.71. The summed E-state index contributed by atoms with van der Waals surface area (Å²) in [6.07, 6.45) is 0.458. The molecule has 0 atom stereocenters. The molecule has 0 spiro atoms. The molecule has 0 aliphatic carbocycles. The number of hydrogen-bond donors (Lipinski definition) is 1. The molecule has 100 valence electrons. The number of halogens is 3. The summed E-state index contributed by atoms with van der Waals surface area (Å²) < 4.78 is 27.7. The molecule has 2 N–H and O–H groups in total. The molecule has 2 rings (SSSR count). The van der Waals surface area contributed by atoms with Gasteiger partial charge in [-0.25, -0.2) is 8.78 Å². The van der Waals surface area contributed by atoms with Crippen LogP contribution in [0.3, 0.4) is 0 Å². The second-order valence-electron chi connectivity index (χ2n) is 3.98. The topological polar surface area (TPSA) is 26.0 Å². The van der Waals surface area contributed by atoms with Gasteiger partial charge < -0.3 is 5.73 Å². The van der Waals surface area contributed by atoms with Crippen LogP contribution in [0.4, 0.5) is 8.78 Å². The van der Waals surface area contributed by atoms with Crippen molar-refractivity contribution >= 4 is 23.4 Å². The number of hydrogen-bond acceptors (Lipinski definition) is 2. The second-order valence-corrected chi connectivity index (χ2v) is 5.50. The van der Waals surface area contributed by atoms with Gasteiger partial charge in [-0.1, -0.05) is 23.4 Å². The molecule has 0 bridgehead atoms. The Kier molecular flexibility index (Phi) is 4.80. The number of nitrogens with two attached hydrogens (primary N) is 1. The predicted octanol–water partition coefficient (Wildman–Crippen LogP) is 4.27. The normalized spacial score (nSPS) is 10.7.